The van der Waals surface area contributed by atoms with Gasteiger partial charge in [-0.15, -0.1) is 0 Å². The summed E-state index contributed by atoms with van der Waals surface area (Å²) in [7, 11) is 0. The molecule has 1 aromatic heterocycles. The van der Waals surface area contributed by atoms with E-state index in [1.807, 2.05) is 12.3 Å². The molecule has 1 aliphatic heterocycles. The Morgan fingerprint density at radius 1 is 1.60 bits per heavy atom. The van der Waals surface area contributed by atoms with E-state index in [1.54, 1.807) is 0 Å². The largest absolute Gasteiger partial charge is 0.378 e. The van der Waals surface area contributed by atoms with Crippen molar-refractivity contribution in [3.8, 4) is 0 Å². The molecule has 0 aliphatic carbocycles. The number of aromatic nitrogens is 1. The maximum atomic E-state index is 5.56. The predicted molar refractivity (Wildman–Crippen MR) is 61.1 cm³/mol. The average molecular weight is 206 g/mol. The van der Waals surface area contributed by atoms with Crippen LogP contribution in [0.15, 0.2) is 18.3 Å². The van der Waals surface area contributed by atoms with Gasteiger partial charge in [-0.1, -0.05) is 6.07 Å². The fourth-order valence-corrected chi connectivity index (χ4v) is 1.89. The molecule has 15 heavy (non-hydrogen) atoms. The normalized spacial score (nSPS) is 20.5. The van der Waals surface area contributed by atoms with Crippen LogP contribution in [-0.4, -0.2) is 24.2 Å². The zero-order chi connectivity index (χ0) is 10.5. The Labute approximate surface area is 90.9 Å². The highest BCUT2D eigenvalue weighted by Crippen LogP contribution is 2.16. The Bertz CT molecular complexity index is 308. The molecule has 1 atom stereocenters. The molecule has 0 radical (unpaired) electrons. The quantitative estimate of drug-likeness (QED) is 0.821. The minimum absolute atomic E-state index is 0.460. The maximum absolute atomic E-state index is 5.56. The van der Waals surface area contributed by atoms with E-state index >= 15 is 0 Å². The van der Waals surface area contributed by atoms with Gasteiger partial charge in [-0.2, -0.15) is 0 Å². The summed E-state index contributed by atoms with van der Waals surface area (Å²) in [4.78, 5) is 4.29. The van der Waals surface area contributed by atoms with Gasteiger partial charge in [0.2, 0.25) is 0 Å². The molecule has 1 saturated heterocycles. The smallest absolute Gasteiger partial charge is 0.128 e. The van der Waals surface area contributed by atoms with Crippen LogP contribution < -0.4 is 5.32 Å². The number of nitrogens with one attached hydrogen (secondary N) is 1. The third-order valence-corrected chi connectivity index (χ3v) is 2.79. The van der Waals surface area contributed by atoms with Crippen LogP contribution >= 0.6 is 0 Å². The van der Waals surface area contributed by atoms with Crippen molar-refractivity contribution in [2.45, 2.75) is 32.3 Å². The summed E-state index contributed by atoms with van der Waals surface area (Å²) in [6.07, 6.45) is 5.79. The highest BCUT2D eigenvalue weighted by molar-refractivity contribution is 5.42. The van der Waals surface area contributed by atoms with Crippen LogP contribution in [0.4, 0.5) is 5.82 Å². The van der Waals surface area contributed by atoms with Crippen molar-refractivity contribution in [2.24, 2.45) is 0 Å². The van der Waals surface area contributed by atoms with E-state index in [0.29, 0.717) is 6.10 Å². The number of rotatable bonds is 4. The average Bonchev–Trinajstić information content (AvgIpc) is 2.74. The Morgan fingerprint density at radius 2 is 2.53 bits per heavy atom. The molecule has 0 amide bonds. The number of aryl methyl sites for hydroxylation is 1. The zero-order valence-corrected chi connectivity index (χ0v) is 9.20. The number of hydrogen-bond acceptors (Lipinski definition) is 3. The molecular formula is C12H18N2O. The molecule has 1 aliphatic rings. The minimum Gasteiger partial charge on any atom is -0.378 e. The number of pyridine rings is 1. The molecule has 82 valence electrons. The molecule has 2 heterocycles. The summed E-state index contributed by atoms with van der Waals surface area (Å²) in [5, 5.41) is 3.35. The first-order valence-electron chi connectivity index (χ1n) is 5.63. The molecule has 2 rings (SSSR count). The Morgan fingerprint density at radius 3 is 3.27 bits per heavy atom. The van der Waals surface area contributed by atoms with Crippen LogP contribution in [0.1, 0.15) is 24.8 Å². The minimum atomic E-state index is 0.460. The van der Waals surface area contributed by atoms with Crippen LogP contribution in [0, 0.1) is 6.92 Å². The van der Waals surface area contributed by atoms with E-state index in [4.69, 9.17) is 4.74 Å². The van der Waals surface area contributed by atoms with E-state index in [2.05, 4.69) is 23.3 Å². The lowest BCUT2D eigenvalue weighted by atomic mass is 10.2. The molecule has 1 N–H and O–H groups in total. The number of nitrogens with zero attached hydrogens (tertiary/aromatic N) is 1. The van der Waals surface area contributed by atoms with Crippen molar-refractivity contribution >= 4 is 5.82 Å². The van der Waals surface area contributed by atoms with Gasteiger partial charge >= 0.3 is 0 Å². The highest BCUT2D eigenvalue weighted by Gasteiger charge is 2.14. The summed E-state index contributed by atoms with van der Waals surface area (Å²) in [5.41, 5.74) is 1.20. The van der Waals surface area contributed by atoms with Gasteiger partial charge in [-0.25, -0.2) is 4.98 Å². The second-order valence-corrected chi connectivity index (χ2v) is 4.02. The van der Waals surface area contributed by atoms with Gasteiger partial charge in [0.05, 0.1) is 6.10 Å². The van der Waals surface area contributed by atoms with Gasteiger partial charge in [0, 0.05) is 19.3 Å². The Kier molecular flexibility index (Phi) is 3.56. The van der Waals surface area contributed by atoms with Crippen LogP contribution in [-0.2, 0) is 4.74 Å². The highest BCUT2D eigenvalue weighted by atomic mass is 16.5. The summed E-state index contributed by atoms with van der Waals surface area (Å²) < 4.78 is 5.56. The molecule has 0 bridgehead atoms. The molecule has 1 aromatic rings. The number of ether oxygens (including phenoxy) is 1. The van der Waals surface area contributed by atoms with Crippen molar-refractivity contribution in [1.82, 2.24) is 4.98 Å². The number of hydrogen-bond donors (Lipinski definition) is 1. The summed E-state index contributed by atoms with van der Waals surface area (Å²) >= 11 is 0. The molecule has 0 aromatic carbocycles. The third-order valence-electron chi connectivity index (χ3n) is 2.79. The van der Waals surface area contributed by atoms with Gasteiger partial charge in [0.15, 0.2) is 0 Å². The Balaban J connectivity index is 1.75. The van der Waals surface area contributed by atoms with Crippen LogP contribution in [0.2, 0.25) is 0 Å². The molecular weight excluding hydrogens is 188 g/mol. The topological polar surface area (TPSA) is 34.2 Å². The van der Waals surface area contributed by atoms with E-state index < -0.39 is 0 Å². The molecule has 3 heteroatoms. The van der Waals surface area contributed by atoms with Crippen LogP contribution in [0.3, 0.4) is 0 Å². The second kappa shape index (κ2) is 5.12. The van der Waals surface area contributed by atoms with Crippen molar-refractivity contribution < 1.29 is 4.74 Å². The van der Waals surface area contributed by atoms with Gasteiger partial charge in [-0.3, -0.25) is 0 Å². The molecule has 0 spiro atoms. The lowest BCUT2D eigenvalue weighted by Crippen LogP contribution is -2.13. The summed E-state index contributed by atoms with van der Waals surface area (Å²) in [6.45, 7) is 3.96. The van der Waals surface area contributed by atoms with E-state index in [1.165, 1.54) is 18.4 Å². The van der Waals surface area contributed by atoms with Crippen molar-refractivity contribution in [3.63, 3.8) is 0 Å². The summed E-state index contributed by atoms with van der Waals surface area (Å²) in [5.74, 6) is 0.996. The standard InChI is InChI=1S/C12H18N2O/c1-10-4-2-7-13-12(10)14-8-6-11-5-3-9-15-11/h2,4,7,11H,3,5-6,8-9H2,1H3,(H,13,14). The first-order valence-corrected chi connectivity index (χ1v) is 5.63. The predicted octanol–water partition coefficient (Wildman–Crippen LogP) is 2.37. The first-order chi connectivity index (χ1) is 7.36. The van der Waals surface area contributed by atoms with Gasteiger partial charge in [0.25, 0.3) is 0 Å². The zero-order valence-electron chi connectivity index (χ0n) is 9.20. The van der Waals surface area contributed by atoms with E-state index in [-0.39, 0.29) is 0 Å². The Hall–Kier alpha value is -1.09. The van der Waals surface area contributed by atoms with E-state index in [0.717, 1.165) is 25.4 Å². The van der Waals surface area contributed by atoms with Gasteiger partial charge in [-0.05, 0) is 37.8 Å². The van der Waals surface area contributed by atoms with Crippen LogP contribution in [0.5, 0.6) is 0 Å². The SMILES string of the molecule is Cc1cccnc1NCCC1CCCO1. The molecule has 3 nitrogen and oxygen atoms in total. The van der Waals surface area contributed by atoms with Crippen molar-refractivity contribution in [1.29, 1.82) is 0 Å². The van der Waals surface area contributed by atoms with Gasteiger partial charge in [0.1, 0.15) is 5.82 Å². The summed E-state index contributed by atoms with van der Waals surface area (Å²) in [6, 6.07) is 4.03. The fraction of sp³-hybridized carbons (Fsp3) is 0.583. The van der Waals surface area contributed by atoms with Crippen LogP contribution in [0.25, 0.3) is 0 Å². The van der Waals surface area contributed by atoms with Crippen molar-refractivity contribution in [3.05, 3.63) is 23.9 Å². The fourth-order valence-electron chi connectivity index (χ4n) is 1.89. The maximum Gasteiger partial charge on any atom is 0.128 e. The molecule has 1 fully saturated rings. The third kappa shape index (κ3) is 2.93. The van der Waals surface area contributed by atoms with Gasteiger partial charge < -0.3 is 10.1 Å². The lowest BCUT2D eigenvalue weighted by Gasteiger charge is -2.11. The first kappa shape index (κ1) is 10.4. The van der Waals surface area contributed by atoms with Crippen molar-refractivity contribution in [2.75, 3.05) is 18.5 Å². The molecule has 1 unspecified atom stereocenters. The van der Waals surface area contributed by atoms with E-state index in [9.17, 15) is 0 Å². The second-order valence-electron chi connectivity index (χ2n) is 4.02. The number of anilines is 1. The lowest BCUT2D eigenvalue weighted by molar-refractivity contribution is 0.107. The molecule has 0 saturated carbocycles. The monoisotopic (exact) mass is 206 g/mol.